The average Bonchev–Trinajstić information content (AvgIpc) is 2.48. The molecule has 2 rings (SSSR count). The summed E-state index contributed by atoms with van der Waals surface area (Å²) >= 11 is 7.43. The molecule has 6 heteroatoms. The van der Waals surface area contributed by atoms with E-state index in [2.05, 4.69) is 5.32 Å². The van der Waals surface area contributed by atoms with Crippen molar-refractivity contribution in [1.82, 2.24) is 5.32 Å². The molecule has 1 aliphatic rings. The van der Waals surface area contributed by atoms with E-state index in [4.69, 9.17) is 16.3 Å². The van der Waals surface area contributed by atoms with Crippen LogP contribution in [0.4, 0.5) is 0 Å². The highest BCUT2D eigenvalue weighted by atomic mass is 35.5. The lowest BCUT2D eigenvalue weighted by Crippen LogP contribution is -2.46. The summed E-state index contributed by atoms with van der Waals surface area (Å²) in [6, 6.07) is 7.56. The first-order valence-corrected chi connectivity index (χ1v) is 8.39. The molecule has 1 aromatic carbocycles. The Bertz CT molecular complexity index is 460. The molecule has 1 aliphatic heterocycles. The van der Waals surface area contributed by atoms with Gasteiger partial charge < -0.3 is 15.2 Å². The van der Waals surface area contributed by atoms with Crippen LogP contribution in [0.3, 0.4) is 0 Å². The molecule has 0 saturated carbocycles. The summed E-state index contributed by atoms with van der Waals surface area (Å²) in [5.41, 5.74) is -0.808. The van der Waals surface area contributed by atoms with Crippen LogP contribution in [0.2, 0.25) is 5.02 Å². The molecule has 0 bridgehead atoms. The van der Waals surface area contributed by atoms with Crippen LogP contribution >= 0.6 is 23.4 Å². The van der Waals surface area contributed by atoms with Gasteiger partial charge in [0.05, 0.1) is 5.60 Å². The number of hydrogen-bond donors (Lipinski definition) is 2. The fourth-order valence-electron chi connectivity index (χ4n) is 2.07. The third-order valence-electron chi connectivity index (χ3n) is 3.45. The summed E-state index contributed by atoms with van der Waals surface area (Å²) in [6.07, 6.45) is 1.58. The van der Waals surface area contributed by atoms with Gasteiger partial charge in [-0.3, -0.25) is 4.79 Å². The molecule has 0 spiro atoms. The van der Waals surface area contributed by atoms with Gasteiger partial charge in [-0.05, 0) is 24.3 Å². The summed E-state index contributed by atoms with van der Waals surface area (Å²) in [4.78, 5) is 12.9. The molecular weight excluding hydrogens is 310 g/mol. The SMILES string of the molecule is O=C(CCSc1ccc(Cl)cc1)NCC1(O)CCOCC1. The van der Waals surface area contributed by atoms with Crippen LogP contribution < -0.4 is 5.32 Å². The van der Waals surface area contributed by atoms with Crippen LogP contribution in [0.5, 0.6) is 0 Å². The van der Waals surface area contributed by atoms with Gasteiger partial charge in [0.1, 0.15) is 0 Å². The number of aliphatic hydroxyl groups is 1. The van der Waals surface area contributed by atoms with Crippen LogP contribution in [-0.2, 0) is 9.53 Å². The summed E-state index contributed by atoms with van der Waals surface area (Å²) in [6.45, 7) is 1.42. The van der Waals surface area contributed by atoms with Crippen LogP contribution in [0.15, 0.2) is 29.2 Å². The monoisotopic (exact) mass is 329 g/mol. The lowest BCUT2D eigenvalue weighted by atomic mass is 9.94. The highest BCUT2D eigenvalue weighted by molar-refractivity contribution is 7.99. The minimum absolute atomic E-state index is 0.0311. The van der Waals surface area contributed by atoms with E-state index in [0.717, 1.165) is 4.90 Å². The maximum atomic E-state index is 11.8. The molecule has 0 aliphatic carbocycles. The number of carbonyl (C=O) groups excluding carboxylic acids is 1. The normalized spacial score (nSPS) is 17.4. The number of thioether (sulfide) groups is 1. The molecule has 1 aromatic rings. The topological polar surface area (TPSA) is 58.6 Å². The second kappa shape index (κ2) is 8.03. The zero-order chi connectivity index (χ0) is 15.1. The van der Waals surface area contributed by atoms with Gasteiger partial charge in [-0.1, -0.05) is 11.6 Å². The Morgan fingerprint density at radius 2 is 2.00 bits per heavy atom. The second-order valence-electron chi connectivity index (χ2n) is 5.17. The second-order valence-corrected chi connectivity index (χ2v) is 6.77. The van der Waals surface area contributed by atoms with Gasteiger partial charge in [0.25, 0.3) is 0 Å². The van der Waals surface area contributed by atoms with E-state index >= 15 is 0 Å². The Kier molecular flexibility index (Phi) is 6.36. The number of nitrogens with one attached hydrogen (secondary N) is 1. The first-order valence-electron chi connectivity index (χ1n) is 7.03. The minimum atomic E-state index is -0.808. The first-order chi connectivity index (χ1) is 10.1. The predicted molar refractivity (Wildman–Crippen MR) is 84.8 cm³/mol. The molecular formula is C15H20ClNO3S. The van der Waals surface area contributed by atoms with Crippen LogP contribution in [-0.4, -0.2) is 42.1 Å². The van der Waals surface area contributed by atoms with Crippen molar-refractivity contribution < 1.29 is 14.6 Å². The van der Waals surface area contributed by atoms with Crippen LogP contribution in [0.1, 0.15) is 19.3 Å². The van der Waals surface area contributed by atoms with Crippen LogP contribution in [0, 0.1) is 0 Å². The molecule has 1 amide bonds. The van der Waals surface area contributed by atoms with Crippen molar-refractivity contribution in [2.75, 3.05) is 25.5 Å². The van der Waals surface area contributed by atoms with Gasteiger partial charge in [-0.15, -0.1) is 11.8 Å². The van der Waals surface area contributed by atoms with Gasteiger partial charge in [-0.2, -0.15) is 0 Å². The zero-order valence-electron chi connectivity index (χ0n) is 11.8. The fraction of sp³-hybridized carbons (Fsp3) is 0.533. The molecule has 0 radical (unpaired) electrons. The first kappa shape index (κ1) is 16.6. The largest absolute Gasteiger partial charge is 0.388 e. The summed E-state index contributed by atoms with van der Waals surface area (Å²) < 4.78 is 5.21. The smallest absolute Gasteiger partial charge is 0.220 e. The number of benzene rings is 1. The summed E-state index contributed by atoms with van der Waals surface area (Å²) in [5, 5.41) is 13.8. The van der Waals surface area contributed by atoms with Gasteiger partial charge in [0, 0.05) is 54.7 Å². The maximum absolute atomic E-state index is 11.8. The van der Waals surface area contributed by atoms with Crippen molar-refractivity contribution in [1.29, 1.82) is 0 Å². The summed E-state index contributed by atoms with van der Waals surface area (Å²) in [7, 11) is 0. The molecule has 1 saturated heterocycles. The maximum Gasteiger partial charge on any atom is 0.220 e. The Balaban J connectivity index is 1.64. The van der Waals surface area contributed by atoms with E-state index in [1.807, 2.05) is 24.3 Å². The van der Waals surface area contributed by atoms with Crippen LogP contribution in [0.25, 0.3) is 0 Å². The third-order valence-corrected chi connectivity index (χ3v) is 4.72. The molecule has 116 valence electrons. The fourth-order valence-corrected chi connectivity index (χ4v) is 3.05. The molecule has 1 heterocycles. The van der Waals surface area contributed by atoms with E-state index < -0.39 is 5.60 Å². The lowest BCUT2D eigenvalue weighted by Gasteiger charge is -2.32. The lowest BCUT2D eigenvalue weighted by molar-refractivity contribution is -0.123. The highest BCUT2D eigenvalue weighted by Crippen LogP contribution is 2.21. The standard InChI is InChI=1S/C15H20ClNO3S/c16-12-1-3-13(4-2-12)21-10-5-14(18)17-11-15(19)6-8-20-9-7-15/h1-4,19H,5-11H2,(H,17,18). The van der Waals surface area contributed by atoms with Crippen molar-refractivity contribution in [3.63, 3.8) is 0 Å². The number of carbonyl (C=O) groups is 1. The number of rotatable bonds is 6. The van der Waals surface area contributed by atoms with Gasteiger partial charge in [0.15, 0.2) is 0 Å². The Labute approximate surface area is 134 Å². The van der Waals surface area contributed by atoms with Crippen molar-refractivity contribution in [3.05, 3.63) is 29.3 Å². The van der Waals surface area contributed by atoms with Gasteiger partial charge in [0.2, 0.25) is 5.91 Å². The third kappa shape index (κ3) is 5.87. The predicted octanol–water partition coefficient (Wildman–Crippen LogP) is 2.48. The number of amides is 1. The van der Waals surface area contributed by atoms with E-state index in [0.29, 0.717) is 49.8 Å². The van der Waals surface area contributed by atoms with Crippen molar-refractivity contribution in [2.24, 2.45) is 0 Å². The van der Waals surface area contributed by atoms with E-state index in [1.165, 1.54) is 0 Å². The van der Waals surface area contributed by atoms with E-state index in [-0.39, 0.29) is 5.91 Å². The van der Waals surface area contributed by atoms with Gasteiger partial charge >= 0.3 is 0 Å². The van der Waals surface area contributed by atoms with E-state index in [1.54, 1.807) is 11.8 Å². The van der Waals surface area contributed by atoms with Crippen molar-refractivity contribution in [2.45, 2.75) is 29.8 Å². The molecule has 21 heavy (non-hydrogen) atoms. The quantitative estimate of drug-likeness (QED) is 0.787. The summed E-state index contributed by atoms with van der Waals surface area (Å²) in [5.74, 6) is 0.672. The Hall–Kier alpha value is -0.750. The number of hydrogen-bond acceptors (Lipinski definition) is 4. The Morgan fingerprint density at radius 1 is 1.33 bits per heavy atom. The van der Waals surface area contributed by atoms with Gasteiger partial charge in [-0.25, -0.2) is 0 Å². The van der Waals surface area contributed by atoms with Crippen molar-refractivity contribution in [3.8, 4) is 0 Å². The molecule has 0 unspecified atom stereocenters. The molecule has 2 N–H and O–H groups in total. The molecule has 1 fully saturated rings. The molecule has 4 nitrogen and oxygen atoms in total. The molecule has 0 aromatic heterocycles. The molecule has 0 atom stereocenters. The highest BCUT2D eigenvalue weighted by Gasteiger charge is 2.29. The average molecular weight is 330 g/mol. The number of ether oxygens (including phenoxy) is 1. The zero-order valence-corrected chi connectivity index (χ0v) is 13.4. The van der Waals surface area contributed by atoms with Crippen molar-refractivity contribution >= 4 is 29.3 Å². The number of halogens is 1. The minimum Gasteiger partial charge on any atom is -0.388 e. The Morgan fingerprint density at radius 3 is 2.67 bits per heavy atom. The van der Waals surface area contributed by atoms with E-state index in [9.17, 15) is 9.90 Å².